The molecule has 14 heavy (non-hydrogen) atoms. The highest BCUT2D eigenvalue weighted by Crippen LogP contribution is 1.96. The van der Waals surface area contributed by atoms with Gasteiger partial charge in [0.05, 0.1) is 0 Å². The molecule has 0 unspecified atom stereocenters. The van der Waals surface area contributed by atoms with E-state index in [0.717, 1.165) is 19.4 Å². The van der Waals surface area contributed by atoms with Crippen molar-refractivity contribution in [3.63, 3.8) is 0 Å². The zero-order chi connectivity index (χ0) is 10.2. The van der Waals surface area contributed by atoms with E-state index < -0.39 is 0 Å². The molecule has 76 valence electrons. The van der Waals surface area contributed by atoms with E-state index in [0.29, 0.717) is 5.56 Å². The quantitative estimate of drug-likeness (QED) is 0.551. The molecule has 0 atom stereocenters. The van der Waals surface area contributed by atoms with Crippen LogP contribution in [0.15, 0.2) is 30.3 Å². The van der Waals surface area contributed by atoms with Crippen LogP contribution in [0.1, 0.15) is 30.1 Å². The molecular weight excluding hydrogens is 176 g/mol. The first-order chi connectivity index (χ1) is 6.84. The first kappa shape index (κ1) is 10.7. The van der Waals surface area contributed by atoms with E-state index in [9.17, 15) is 4.79 Å². The van der Waals surface area contributed by atoms with Crippen molar-refractivity contribution in [1.29, 1.82) is 0 Å². The number of rotatable bonds is 5. The number of hydrogen-bond donors (Lipinski definition) is 2. The van der Waals surface area contributed by atoms with E-state index in [1.807, 2.05) is 18.2 Å². The summed E-state index contributed by atoms with van der Waals surface area (Å²) in [6.45, 7) is 2.93. The molecule has 0 heterocycles. The summed E-state index contributed by atoms with van der Waals surface area (Å²) in [5.74, 6) is -0.0818. The van der Waals surface area contributed by atoms with Crippen LogP contribution < -0.4 is 10.9 Å². The molecule has 1 aromatic carbocycles. The monoisotopic (exact) mass is 192 g/mol. The van der Waals surface area contributed by atoms with Crippen LogP contribution >= 0.6 is 0 Å². The van der Waals surface area contributed by atoms with Crippen molar-refractivity contribution in [1.82, 2.24) is 10.9 Å². The Hall–Kier alpha value is -1.35. The van der Waals surface area contributed by atoms with Crippen LogP contribution in [-0.2, 0) is 0 Å². The molecule has 0 saturated carbocycles. The van der Waals surface area contributed by atoms with Crippen molar-refractivity contribution in [3.05, 3.63) is 35.9 Å². The lowest BCUT2D eigenvalue weighted by Gasteiger charge is -2.05. The van der Waals surface area contributed by atoms with Gasteiger partial charge < -0.3 is 0 Å². The van der Waals surface area contributed by atoms with Gasteiger partial charge in [0.25, 0.3) is 5.91 Å². The van der Waals surface area contributed by atoms with Crippen LogP contribution in [0.2, 0.25) is 0 Å². The molecule has 0 aliphatic rings. The zero-order valence-electron chi connectivity index (χ0n) is 8.42. The molecule has 0 spiro atoms. The Morgan fingerprint density at radius 2 is 2.00 bits per heavy atom. The van der Waals surface area contributed by atoms with E-state index in [-0.39, 0.29) is 5.91 Å². The lowest BCUT2D eigenvalue weighted by atomic mass is 10.2. The van der Waals surface area contributed by atoms with E-state index >= 15 is 0 Å². The van der Waals surface area contributed by atoms with Gasteiger partial charge in [-0.1, -0.05) is 31.5 Å². The van der Waals surface area contributed by atoms with Gasteiger partial charge in [0.2, 0.25) is 0 Å². The number of amides is 1. The predicted octanol–water partition coefficient (Wildman–Crippen LogP) is 1.72. The van der Waals surface area contributed by atoms with Gasteiger partial charge in [0.1, 0.15) is 0 Å². The molecule has 0 aliphatic heterocycles. The van der Waals surface area contributed by atoms with E-state index in [4.69, 9.17) is 0 Å². The Balaban J connectivity index is 2.29. The maximum absolute atomic E-state index is 11.4. The molecule has 2 N–H and O–H groups in total. The van der Waals surface area contributed by atoms with Crippen molar-refractivity contribution < 1.29 is 4.79 Å². The van der Waals surface area contributed by atoms with Crippen molar-refractivity contribution in [2.75, 3.05) is 6.54 Å². The van der Waals surface area contributed by atoms with Gasteiger partial charge in [-0.15, -0.1) is 0 Å². The number of hydrazine groups is 1. The van der Waals surface area contributed by atoms with Crippen molar-refractivity contribution in [2.45, 2.75) is 19.8 Å². The second-order valence-electron chi connectivity index (χ2n) is 3.10. The highest BCUT2D eigenvalue weighted by atomic mass is 16.2. The fourth-order valence-electron chi connectivity index (χ4n) is 1.07. The molecule has 0 bridgehead atoms. The first-order valence-corrected chi connectivity index (χ1v) is 4.93. The first-order valence-electron chi connectivity index (χ1n) is 4.93. The van der Waals surface area contributed by atoms with Crippen LogP contribution in [-0.4, -0.2) is 12.5 Å². The normalized spacial score (nSPS) is 9.79. The number of benzene rings is 1. The molecule has 0 fully saturated rings. The molecule has 0 aliphatic carbocycles. The van der Waals surface area contributed by atoms with Crippen molar-refractivity contribution in [3.8, 4) is 0 Å². The van der Waals surface area contributed by atoms with Gasteiger partial charge in [-0.05, 0) is 18.6 Å². The minimum absolute atomic E-state index is 0.0818. The number of nitrogens with one attached hydrogen (secondary N) is 2. The van der Waals surface area contributed by atoms with Crippen LogP contribution in [0.3, 0.4) is 0 Å². The molecule has 3 nitrogen and oxygen atoms in total. The van der Waals surface area contributed by atoms with Crippen LogP contribution in [0.4, 0.5) is 0 Å². The maximum atomic E-state index is 11.4. The third-order valence-electron chi connectivity index (χ3n) is 1.89. The summed E-state index contributed by atoms with van der Waals surface area (Å²) in [5.41, 5.74) is 6.21. The largest absolute Gasteiger partial charge is 0.287 e. The summed E-state index contributed by atoms with van der Waals surface area (Å²) in [7, 11) is 0. The fraction of sp³-hybridized carbons (Fsp3) is 0.364. The molecule has 1 amide bonds. The molecule has 1 aromatic rings. The minimum atomic E-state index is -0.0818. The average molecular weight is 192 g/mol. The lowest BCUT2D eigenvalue weighted by Crippen LogP contribution is -2.37. The number of hydrogen-bond acceptors (Lipinski definition) is 2. The standard InChI is InChI=1S/C11H16N2O/c1-2-3-9-12-13-11(14)10-7-5-4-6-8-10/h4-8,12H,2-3,9H2,1H3,(H,13,14). The number of unbranched alkanes of at least 4 members (excludes halogenated alkanes) is 1. The van der Waals surface area contributed by atoms with E-state index in [1.54, 1.807) is 12.1 Å². The summed E-state index contributed by atoms with van der Waals surface area (Å²) >= 11 is 0. The van der Waals surface area contributed by atoms with Gasteiger partial charge in [0.15, 0.2) is 0 Å². The molecule has 0 aromatic heterocycles. The average Bonchev–Trinajstić information content (AvgIpc) is 2.25. The predicted molar refractivity (Wildman–Crippen MR) is 56.8 cm³/mol. The molecule has 1 rings (SSSR count). The van der Waals surface area contributed by atoms with Gasteiger partial charge in [-0.3, -0.25) is 10.2 Å². The SMILES string of the molecule is CCCCNNC(=O)c1ccccc1. The second-order valence-corrected chi connectivity index (χ2v) is 3.10. The summed E-state index contributed by atoms with van der Waals surface area (Å²) in [6.07, 6.45) is 2.18. The zero-order valence-corrected chi connectivity index (χ0v) is 8.42. The third-order valence-corrected chi connectivity index (χ3v) is 1.89. The summed E-state index contributed by atoms with van der Waals surface area (Å²) in [6, 6.07) is 9.16. The van der Waals surface area contributed by atoms with Crippen LogP contribution in [0, 0.1) is 0 Å². The smallest absolute Gasteiger partial charge is 0.265 e. The maximum Gasteiger partial charge on any atom is 0.265 e. The highest BCUT2D eigenvalue weighted by molar-refractivity contribution is 5.93. The minimum Gasteiger partial charge on any atom is -0.287 e. The van der Waals surface area contributed by atoms with E-state index in [1.165, 1.54) is 0 Å². The van der Waals surface area contributed by atoms with Crippen LogP contribution in [0.25, 0.3) is 0 Å². The molecule has 0 saturated heterocycles. The topological polar surface area (TPSA) is 41.1 Å². The van der Waals surface area contributed by atoms with Crippen molar-refractivity contribution >= 4 is 5.91 Å². The Kier molecular flexibility index (Phi) is 4.72. The Labute approximate surface area is 84.5 Å². The number of carbonyl (C=O) groups is 1. The van der Waals surface area contributed by atoms with E-state index in [2.05, 4.69) is 17.8 Å². The Morgan fingerprint density at radius 1 is 1.29 bits per heavy atom. The van der Waals surface area contributed by atoms with Gasteiger partial charge in [0, 0.05) is 12.1 Å². The van der Waals surface area contributed by atoms with Gasteiger partial charge >= 0.3 is 0 Å². The number of carbonyl (C=O) groups excluding carboxylic acids is 1. The summed E-state index contributed by atoms with van der Waals surface area (Å²) in [5, 5.41) is 0. The molecular formula is C11H16N2O. The lowest BCUT2D eigenvalue weighted by molar-refractivity contribution is 0.0933. The Morgan fingerprint density at radius 3 is 2.64 bits per heavy atom. The van der Waals surface area contributed by atoms with Gasteiger partial charge in [-0.25, -0.2) is 5.43 Å². The Bertz CT molecular complexity index is 272. The third kappa shape index (κ3) is 3.58. The molecule has 0 radical (unpaired) electrons. The summed E-state index contributed by atoms with van der Waals surface area (Å²) in [4.78, 5) is 11.4. The van der Waals surface area contributed by atoms with Gasteiger partial charge in [-0.2, -0.15) is 0 Å². The second kappa shape index (κ2) is 6.16. The summed E-state index contributed by atoms with van der Waals surface area (Å²) < 4.78 is 0. The highest BCUT2D eigenvalue weighted by Gasteiger charge is 2.01. The van der Waals surface area contributed by atoms with Crippen molar-refractivity contribution in [2.24, 2.45) is 0 Å². The van der Waals surface area contributed by atoms with Crippen LogP contribution in [0.5, 0.6) is 0 Å². The fourth-order valence-corrected chi connectivity index (χ4v) is 1.07. The molecule has 3 heteroatoms.